The van der Waals surface area contributed by atoms with E-state index in [9.17, 15) is 0 Å². The van der Waals surface area contributed by atoms with Crippen molar-refractivity contribution in [3.05, 3.63) is 79.0 Å². The van der Waals surface area contributed by atoms with Crippen LogP contribution in [0.25, 0.3) is 33.8 Å². The number of nitrogens with zero attached hydrogens (tertiary/aromatic N) is 5. The Hall–Kier alpha value is -3.47. The van der Waals surface area contributed by atoms with Gasteiger partial charge in [0.05, 0.1) is 17.3 Å². The number of imidazole rings is 1. The molecule has 0 saturated carbocycles. The maximum atomic E-state index is 4.31. The summed E-state index contributed by atoms with van der Waals surface area (Å²) < 4.78 is 6.93. The van der Waals surface area contributed by atoms with Crippen molar-refractivity contribution in [3.8, 4) is 17.1 Å². The van der Waals surface area contributed by atoms with E-state index in [0.29, 0.717) is 0 Å². The number of benzene rings is 1. The zero-order chi connectivity index (χ0) is 16.4. The molecule has 1 aliphatic rings. The van der Waals surface area contributed by atoms with E-state index in [1.807, 2.05) is 31.0 Å². The standard InChI is InChI=1S/C20H14N5/c1-2-4-15(5-3-1)25-19-17-6-7-21-11-14(17)13-24(19)18-10-16-12-22-8-9-23(16)20(18)25/h1-12H,13H2/q+1. The normalized spacial score (nSPS) is 12.6. The van der Waals surface area contributed by atoms with Gasteiger partial charge >= 0.3 is 0 Å². The van der Waals surface area contributed by atoms with E-state index in [1.54, 1.807) is 0 Å². The molecule has 1 aromatic carbocycles. The molecule has 0 amide bonds. The van der Waals surface area contributed by atoms with E-state index in [0.717, 1.165) is 17.7 Å². The molecule has 0 N–H and O–H groups in total. The van der Waals surface area contributed by atoms with Gasteiger partial charge in [-0.3, -0.25) is 14.4 Å². The molecule has 5 aromatic rings. The SMILES string of the molecule is c1ccc(-n2c3[n+](c4cc5cnccn5c42)Cc2cnccc2-3)cc1. The molecule has 5 heteroatoms. The molecular formula is C20H14N5+. The second-order valence-corrected chi connectivity index (χ2v) is 6.34. The summed E-state index contributed by atoms with van der Waals surface area (Å²) in [6, 6.07) is 14.8. The number of hydrogen-bond donors (Lipinski definition) is 0. The summed E-state index contributed by atoms with van der Waals surface area (Å²) in [5.74, 6) is 1.21. The molecule has 0 spiro atoms. The van der Waals surface area contributed by atoms with E-state index in [1.165, 1.54) is 28.1 Å². The van der Waals surface area contributed by atoms with Crippen LogP contribution in [0.3, 0.4) is 0 Å². The Morgan fingerprint density at radius 3 is 2.76 bits per heavy atom. The van der Waals surface area contributed by atoms with Crippen molar-refractivity contribution in [2.24, 2.45) is 0 Å². The molecule has 5 nitrogen and oxygen atoms in total. The minimum atomic E-state index is 0.846. The van der Waals surface area contributed by atoms with Crippen LogP contribution in [0, 0.1) is 0 Å². The van der Waals surface area contributed by atoms with Crippen molar-refractivity contribution in [1.82, 2.24) is 18.9 Å². The lowest BCUT2D eigenvalue weighted by molar-refractivity contribution is -0.645. The Balaban J connectivity index is 1.84. The molecule has 0 unspecified atom stereocenters. The van der Waals surface area contributed by atoms with Crippen LogP contribution >= 0.6 is 0 Å². The van der Waals surface area contributed by atoms with Crippen molar-refractivity contribution >= 4 is 16.7 Å². The van der Waals surface area contributed by atoms with E-state index < -0.39 is 0 Å². The second-order valence-electron chi connectivity index (χ2n) is 6.34. The third kappa shape index (κ3) is 1.59. The molecule has 4 aromatic heterocycles. The molecule has 0 saturated heterocycles. The van der Waals surface area contributed by atoms with Crippen LogP contribution in [0.15, 0.2) is 73.4 Å². The predicted octanol–water partition coefficient (Wildman–Crippen LogP) is 2.99. The first-order valence-corrected chi connectivity index (χ1v) is 8.30. The van der Waals surface area contributed by atoms with Gasteiger partial charge in [-0.05, 0) is 18.2 Å². The van der Waals surface area contributed by atoms with Gasteiger partial charge in [0.1, 0.15) is 12.2 Å². The van der Waals surface area contributed by atoms with Gasteiger partial charge in [0.2, 0.25) is 0 Å². The average molecular weight is 324 g/mol. The molecule has 0 atom stereocenters. The van der Waals surface area contributed by atoms with Gasteiger partial charge in [-0.25, -0.2) is 4.57 Å². The van der Waals surface area contributed by atoms with Crippen molar-refractivity contribution < 1.29 is 4.57 Å². The van der Waals surface area contributed by atoms with Crippen molar-refractivity contribution in [2.45, 2.75) is 6.54 Å². The number of pyridine rings is 1. The lowest BCUT2D eigenvalue weighted by Gasteiger charge is -2.02. The Kier molecular flexibility index (Phi) is 2.34. The lowest BCUT2D eigenvalue weighted by atomic mass is 10.1. The van der Waals surface area contributed by atoms with Crippen molar-refractivity contribution in [2.75, 3.05) is 0 Å². The zero-order valence-corrected chi connectivity index (χ0v) is 13.4. The number of rotatable bonds is 1. The first-order valence-electron chi connectivity index (χ1n) is 8.30. The maximum Gasteiger partial charge on any atom is 0.297 e. The summed E-state index contributed by atoms with van der Waals surface area (Å²) in [4.78, 5) is 8.58. The van der Waals surface area contributed by atoms with E-state index >= 15 is 0 Å². The predicted molar refractivity (Wildman–Crippen MR) is 94.6 cm³/mol. The van der Waals surface area contributed by atoms with Gasteiger partial charge in [-0.15, -0.1) is 0 Å². The minimum absolute atomic E-state index is 0.846. The van der Waals surface area contributed by atoms with Crippen LogP contribution in [0.2, 0.25) is 0 Å². The summed E-state index contributed by atoms with van der Waals surface area (Å²) in [6.45, 7) is 0.846. The van der Waals surface area contributed by atoms with Gasteiger partial charge in [-0.1, -0.05) is 18.2 Å². The topological polar surface area (TPSA) is 39.0 Å². The number of para-hydroxylation sites is 1. The lowest BCUT2D eigenvalue weighted by Crippen LogP contribution is -2.31. The second kappa shape index (κ2) is 4.54. The third-order valence-electron chi connectivity index (χ3n) is 4.99. The first kappa shape index (κ1) is 12.9. The molecule has 0 bridgehead atoms. The van der Waals surface area contributed by atoms with Crippen LogP contribution in [-0.4, -0.2) is 18.9 Å². The van der Waals surface area contributed by atoms with Crippen LogP contribution in [0.1, 0.15) is 5.56 Å². The number of aromatic nitrogens is 5. The third-order valence-corrected chi connectivity index (χ3v) is 4.99. The van der Waals surface area contributed by atoms with E-state index in [-0.39, 0.29) is 0 Å². The van der Waals surface area contributed by atoms with Crippen LogP contribution < -0.4 is 4.57 Å². The van der Waals surface area contributed by atoms with E-state index in [2.05, 4.69) is 66.0 Å². The molecular weight excluding hydrogens is 310 g/mol. The van der Waals surface area contributed by atoms with Gasteiger partial charge in [-0.2, -0.15) is 4.57 Å². The highest BCUT2D eigenvalue weighted by Crippen LogP contribution is 2.34. The Bertz CT molecular complexity index is 1260. The first-order chi connectivity index (χ1) is 12.4. The molecule has 0 fully saturated rings. The fraction of sp³-hybridized carbons (Fsp3) is 0.0500. The quantitative estimate of drug-likeness (QED) is 0.436. The van der Waals surface area contributed by atoms with Gasteiger partial charge in [0, 0.05) is 36.4 Å². The summed E-state index contributed by atoms with van der Waals surface area (Å²) in [5.41, 5.74) is 7.14. The molecule has 25 heavy (non-hydrogen) atoms. The Morgan fingerprint density at radius 2 is 1.84 bits per heavy atom. The van der Waals surface area contributed by atoms with E-state index in [4.69, 9.17) is 0 Å². The number of fused-ring (bicyclic) bond motifs is 7. The maximum absolute atomic E-state index is 4.31. The highest BCUT2D eigenvalue weighted by Gasteiger charge is 2.36. The summed E-state index contributed by atoms with van der Waals surface area (Å²) in [6.07, 6.45) is 9.62. The average Bonchev–Trinajstić information content (AvgIpc) is 3.30. The fourth-order valence-electron chi connectivity index (χ4n) is 3.95. The largest absolute Gasteiger partial charge is 0.297 e. The molecule has 118 valence electrons. The molecule has 5 heterocycles. The Morgan fingerprint density at radius 1 is 0.960 bits per heavy atom. The van der Waals surface area contributed by atoms with Gasteiger partial charge in [0.15, 0.2) is 5.52 Å². The van der Waals surface area contributed by atoms with Gasteiger partial charge in [0.25, 0.3) is 11.5 Å². The van der Waals surface area contributed by atoms with Crippen molar-refractivity contribution in [1.29, 1.82) is 0 Å². The monoisotopic (exact) mass is 324 g/mol. The molecule has 1 aliphatic heterocycles. The zero-order valence-electron chi connectivity index (χ0n) is 13.4. The van der Waals surface area contributed by atoms with Crippen LogP contribution in [0.4, 0.5) is 0 Å². The smallest absolute Gasteiger partial charge is 0.277 e. The number of hydrogen-bond acceptors (Lipinski definition) is 2. The summed E-state index contributed by atoms with van der Waals surface area (Å²) in [7, 11) is 0. The molecule has 6 rings (SSSR count). The molecule has 0 aliphatic carbocycles. The van der Waals surface area contributed by atoms with Crippen molar-refractivity contribution in [3.63, 3.8) is 0 Å². The Labute approximate surface area is 143 Å². The summed E-state index contributed by atoms with van der Waals surface area (Å²) >= 11 is 0. The highest BCUT2D eigenvalue weighted by molar-refractivity contribution is 5.84. The van der Waals surface area contributed by atoms with Crippen LogP contribution in [-0.2, 0) is 6.54 Å². The fourth-order valence-corrected chi connectivity index (χ4v) is 3.95. The minimum Gasteiger partial charge on any atom is -0.277 e. The molecule has 0 radical (unpaired) electrons. The van der Waals surface area contributed by atoms with Gasteiger partial charge < -0.3 is 0 Å². The highest BCUT2D eigenvalue weighted by atomic mass is 15.2. The summed E-state index contributed by atoms with van der Waals surface area (Å²) in [5, 5.41) is 0. The van der Waals surface area contributed by atoms with Crippen LogP contribution in [0.5, 0.6) is 0 Å².